The zero-order chi connectivity index (χ0) is 17.2. The SMILES string of the molecule is CC/C=C\C(S/N=C(\N(CC)CC)N1CC(CC)C=N1)=C(/C)Cl. The summed E-state index contributed by atoms with van der Waals surface area (Å²) >= 11 is 7.62. The van der Waals surface area contributed by atoms with Gasteiger partial charge in [0, 0.05) is 47.1 Å². The maximum absolute atomic E-state index is 6.20. The number of allylic oxidation sites excluding steroid dienone is 3. The van der Waals surface area contributed by atoms with Gasteiger partial charge in [0.05, 0.1) is 6.54 Å². The summed E-state index contributed by atoms with van der Waals surface area (Å²) in [6.45, 7) is 13.2. The van der Waals surface area contributed by atoms with E-state index in [0.29, 0.717) is 5.92 Å². The van der Waals surface area contributed by atoms with Crippen molar-refractivity contribution in [3.63, 3.8) is 0 Å². The average Bonchev–Trinajstić information content (AvgIpc) is 3.02. The molecule has 0 saturated carbocycles. The Hall–Kier alpha value is -0.940. The zero-order valence-electron chi connectivity index (χ0n) is 14.9. The van der Waals surface area contributed by atoms with Crippen molar-refractivity contribution in [3.05, 3.63) is 22.1 Å². The number of rotatable bonds is 7. The molecule has 0 spiro atoms. The number of hydrazone groups is 1. The minimum absolute atomic E-state index is 0.505. The Morgan fingerprint density at radius 1 is 1.39 bits per heavy atom. The van der Waals surface area contributed by atoms with Crippen LogP contribution in [0.1, 0.15) is 47.5 Å². The molecule has 1 atom stereocenters. The molecule has 0 N–H and O–H groups in total. The van der Waals surface area contributed by atoms with Crippen molar-refractivity contribution in [1.82, 2.24) is 9.91 Å². The molecule has 0 aromatic heterocycles. The second kappa shape index (κ2) is 10.8. The van der Waals surface area contributed by atoms with Crippen molar-refractivity contribution in [2.45, 2.75) is 47.5 Å². The normalized spacial score (nSPS) is 19.7. The number of hydrogen-bond donors (Lipinski definition) is 0. The van der Waals surface area contributed by atoms with Gasteiger partial charge in [-0.2, -0.15) is 9.50 Å². The van der Waals surface area contributed by atoms with Crippen molar-refractivity contribution < 1.29 is 0 Å². The molecule has 0 bridgehead atoms. The van der Waals surface area contributed by atoms with E-state index in [-0.39, 0.29) is 0 Å². The minimum atomic E-state index is 0.505. The van der Waals surface area contributed by atoms with Gasteiger partial charge in [-0.05, 0) is 39.7 Å². The highest BCUT2D eigenvalue weighted by atomic mass is 35.5. The van der Waals surface area contributed by atoms with E-state index in [4.69, 9.17) is 16.0 Å². The third-order valence-electron chi connectivity index (χ3n) is 3.70. The van der Waals surface area contributed by atoms with Crippen molar-refractivity contribution in [1.29, 1.82) is 0 Å². The molecule has 0 aromatic rings. The van der Waals surface area contributed by atoms with Gasteiger partial charge in [0.25, 0.3) is 0 Å². The van der Waals surface area contributed by atoms with Crippen molar-refractivity contribution in [2.24, 2.45) is 15.4 Å². The van der Waals surface area contributed by atoms with Gasteiger partial charge in [-0.15, -0.1) is 0 Å². The lowest BCUT2D eigenvalue weighted by Crippen LogP contribution is -2.41. The largest absolute Gasteiger partial charge is 0.341 e. The highest BCUT2D eigenvalue weighted by Gasteiger charge is 2.23. The summed E-state index contributed by atoms with van der Waals surface area (Å²) in [4.78, 5) is 3.21. The Kier molecular flexibility index (Phi) is 9.41. The van der Waals surface area contributed by atoms with Crippen molar-refractivity contribution in [3.8, 4) is 0 Å². The third-order valence-corrected chi connectivity index (χ3v) is 4.91. The highest BCUT2D eigenvalue weighted by Crippen LogP contribution is 2.26. The van der Waals surface area contributed by atoms with Crippen LogP contribution in [0.5, 0.6) is 0 Å². The standard InChI is InChI=1S/C17H29ClN4S/c1-6-10-11-16(14(5)18)23-20-17(21(8-3)9-4)22-13-15(7-2)12-19-22/h10-12,15H,6-9,13H2,1-5H3/b11-10-,16-14-,20-17+. The zero-order valence-corrected chi connectivity index (χ0v) is 16.5. The summed E-state index contributed by atoms with van der Waals surface area (Å²) in [5.74, 6) is 1.41. The van der Waals surface area contributed by atoms with Crippen LogP contribution >= 0.6 is 23.5 Å². The molecule has 0 fully saturated rings. The topological polar surface area (TPSA) is 31.2 Å². The second-order valence-corrected chi connectivity index (χ2v) is 6.75. The number of halogens is 1. The van der Waals surface area contributed by atoms with E-state index < -0.39 is 0 Å². The molecule has 4 nitrogen and oxygen atoms in total. The number of guanidine groups is 1. The van der Waals surface area contributed by atoms with E-state index in [9.17, 15) is 0 Å². The molecule has 0 radical (unpaired) electrons. The van der Waals surface area contributed by atoms with E-state index in [1.54, 1.807) is 0 Å². The van der Waals surface area contributed by atoms with Crippen LogP contribution in [-0.2, 0) is 0 Å². The van der Waals surface area contributed by atoms with E-state index >= 15 is 0 Å². The Morgan fingerprint density at radius 2 is 2.09 bits per heavy atom. The molecule has 0 amide bonds. The Morgan fingerprint density at radius 3 is 2.57 bits per heavy atom. The summed E-state index contributed by atoms with van der Waals surface area (Å²) in [5, 5.41) is 7.32. The Balaban J connectivity index is 2.98. The molecular formula is C17H29ClN4S. The van der Waals surface area contributed by atoms with Crippen LogP contribution in [0.4, 0.5) is 0 Å². The average molecular weight is 357 g/mol. The summed E-state index contributed by atoms with van der Waals surface area (Å²) in [6.07, 6.45) is 8.25. The third kappa shape index (κ3) is 6.22. The lowest BCUT2D eigenvalue weighted by atomic mass is 10.1. The van der Waals surface area contributed by atoms with Gasteiger partial charge >= 0.3 is 0 Å². The fourth-order valence-electron chi connectivity index (χ4n) is 2.16. The second-order valence-electron chi connectivity index (χ2n) is 5.38. The first-order chi connectivity index (χ1) is 11.1. The van der Waals surface area contributed by atoms with Gasteiger partial charge in [0.1, 0.15) is 0 Å². The van der Waals surface area contributed by atoms with E-state index in [1.165, 1.54) is 11.9 Å². The summed E-state index contributed by atoms with van der Waals surface area (Å²) in [5.41, 5.74) is 0. The molecule has 0 saturated heterocycles. The maximum Gasteiger partial charge on any atom is 0.229 e. The van der Waals surface area contributed by atoms with Gasteiger partial charge in [-0.3, -0.25) is 0 Å². The summed E-state index contributed by atoms with van der Waals surface area (Å²) in [6, 6.07) is 0. The monoisotopic (exact) mass is 356 g/mol. The number of nitrogens with zero attached hydrogens (tertiary/aromatic N) is 4. The van der Waals surface area contributed by atoms with Gasteiger partial charge in [0.15, 0.2) is 0 Å². The molecule has 1 rings (SSSR count). The molecule has 23 heavy (non-hydrogen) atoms. The maximum atomic E-state index is 6.20. The van der Waals surface area contributed by atoms with Gasteiger partial charge in [-0.25, -0.2) is 5.01 Å². The molecule has 0 aliphatic carbocycles. The number of hydrogen-bond acceptors (Lipinski definition) is 3. The van der Waals surface area contributed by atoms with Crippen LogP contribution in [0.15, 0.2) is 31.6 Å². The molecular weight excluding hydrogens is 328 g/mol. The predicted octanol–water partition coefficient (Wildman–Crippen LogP) is 5.10. The van der Waals surface area contributed by atoms with Crippen LogP contribution < -0.4 is 0 Å². The first-order valence-corrected chi connectivity index (χ1v) is 9.56. The van der Waals surface area contributed by atoms with E-state index in [0.717, 1.165) is 48.4 Å². The van der Waals surface area contributed by atoms with Crippen LogP contribution in [0, 0.1) is 5.92 Å². The van der Waals surface area contributed by atoms with Crippen LogP contribution in [0.25, 0.3) is 0 Å². The fraction of sp³-hybridized carbons (Fsp3) is 0.647. The molecule has 0 aromatic carbocycles. The molecule has 130 valence electrons. The smallest absolute Gasteiger partial charge is 0.229 e. The molecule has 1 aliphatic rings. The van der Waals surface area contributed by atoms with Gasteiger partial charge in [0.2, 0.25) is 5.96 Å². The lowest BCUT2D eigenvalue weighted by molar-refractivity contribution is 0.345. The molecule has 1 aliphatic heterocycles. The van der Waals surface area contributed by atoms with Crippen LogP contribution in [-0.4, -0.2) is 41.7 Å². The fourth-order valence-corrected chi connectivity index (χ4v) is 3.00. The van der Waals surface area contributed by atoms with E-state index in [1.807, 2.05) is 24.2 Å². The Bertz CT molecular complexity index is 477. The molecule has 1 heterocycles. The van der Waals surface area contributed by atoms with Crippen molar-refractivity contribution >= 4 is 35.7 Å². The van der Waals surface area contributed by atoms with Crippen LogP contribution in [0.3, 0.4) is 0 Å². The first kappa shape index (κ1) is 20.1. The minimum Gasteiger partial charge on any atom is -0.341 e. The molecule has 6 heteroatoms. The highest BCUT2D eigenvalue weighted by molar-refractivity contribution is 8.02. The van der Waals surface area contributed by atoms with Crippen molar-refractivity contribution in [2.75, 3.05) is 19.6 Å². The van der Waals surface area contributed by atoms with E-state index in [2.05, 4.69) is 43.8 Å². The first-order valence-electron chi connectivity index (χ1n) is 8.41. The quantitative estimate of drug-likeness (QED) is 0.275. The summed E-state index contributed by atoms with van der Waals surface area (Å²) < 4.78 is 4.77. The predicted molar refractivity (Wildman–Crippen MR) is 105 cm³/mol. The molecule has 1 unspecified atom stereocenters. The van der Waals surface area contributed by atoms with Gasteiger partial charge in [-0.1, -0.05) is 31.5 Å². The van der Waals surface area contributed by atoms with Crippen LogP contribution in [0.2, 0.25) is 0 Å². The van der Waals surface area contributed by atoms with Gasteiger partial charge < -0.3 is 4.90 Å². The summed E-state index contributed by atoms with van der Waals surface area (Å²) in [7, 11) is 0. The lowest BCUT2D eigenvalue weighted by Gasteiger charge is -2.28. The Labute approximate surface area is 150 Å².